The van der Waals surface area contributed by atoms with Crippen LogP contribution >= 0.6 is 0 Å². The number of nitro groups is 1. The molecule has 124 valence electrons. The molecule has 0 bridgehead atoms. The second-order valence-corrected chi connectivity index (χ2v) is 5.37. The van der Waals surface area contributed by atoms with Gasteiger partial charge in [0, 0.05) is 5.70 Å². The molecule has 2 aromatic rings. The quantitative estimate of drug-likeness (QED) is 0.514. The summed E-state index contributed by atoms with van der Waals surface area (Å²) in [6, 6.07) is 4.92. The highest BCUT2D eigenvalue weighted by Crippen LogP contribution is 2.39. The summed E-state index contributed by atoms with van der Waals surface area (Å²) in [6.45, 7) is 3.27. The maximum Gasteiger partial charge on any atom is 0.336 e. The zero-order valence-corrected chi connectivity index (χ0v) is 13.2. The summed E-state index contributed by atoms with van der Waals surface area (Å²) in [6.07, 6.45) is 0. The van der Waals surface area contributed by atoms with E-state index in [1.165, 1.54) is 7.11 Å². The van der Waals surface area contributed by atoms with Crippen LogP contribution in [0.1, 0.15) is 25.3 Å². The van der Waals surface area contributed by atoms with E-state index in [2.05, 4.69) is 20.3 Å². The number of ether oxygens (including phenoxy) is 1. The van der Waals surface area contributed by atoms with E-state index in [1.54, 1.807) is 32.0 Å². The van der Waals surface area contributed by atoms with E-state index in [0.717, 1.165) is 0 Å². The van der Waals surface area contributed by atoms with Crippen LogP contribution in [0.2, 0.25) is 0 Å². The van der Waals surface area contributed by atoms with Crippen molar-refractivity contribution in [2.75, 3.05) is 7.11 Å². The van der Waals surface area contributed by atoms with Crippen LogP contribution in [0.15, 0.2) is 45.5 Å². The molecule has 1 atom stereocenters. The Bertz CT molecular complexity index is 911. The highest BCUT2D eigenvalue weighted by atomic mass is 16.6. The molecule has 0 unspecified atom stereocenters. The highest BCUT2D eigenvalue weighted by Gasteiger charge is 2.40. The Balaban J connectivity index is 2.24. The average molecular weight is 330 g/mol. The van der Waals surface area contributed by atoms with Gasteiger partial charge in [0.1, 0.15) is 17.0 Å². The molecule has 0 aliphatic carbocycles. The van der Waals surface area contributed by atoms with Crippen molar-refractivity contribution in [1.82, 2.24) is 15.6 Å². The molecule has 2 heterocycles. The molecule has 0 fully saturated rings. The van der Waals surface area contributed by atoms with Gasteiger partial charge in [0.25, 0.3) is 5.70 Å². The lowest BCUT2D eigenvalue weighted by atomic mass is 9.84. The zero-order valence-electron chi connectivity index (χ0n) is 13.2. The number of methoxy groups -OCH3 is 1. The van der Waals surface area contributed by atoms with Gasteiger partial charge in [-0.3, -0.25) is 10.1 Å². The van der Waals surface area contributed by atoms with Crippen LogP contribution in [0.5, 0.6) is 0 Å². The van der Waals surface area contributed by atoms with Crippen LogP contribution in [0.3, 0.4) is 0 Å². The summed E-state index contributed by atoms with van der Waals surface area (Å²) in [5, 5.41) is 22.0. The number of dihydropyridines is 1. The van der Waals surface area contributed by atoms with E-state index in [4.69, 9.17) is 4.74 Å². The maximum atomic E-state index is 12.2. The Morgan fingerprint density at radius 3 is 2.67 bits per heavy atom. The third-order valence-corrected chi connectivity index (χ3v) is 3.94. The molecule has 1 aromatic carbocycles. The molecule has 0 spiro atoms. The molecule has 0 saturated heterocycles. The third-order valence-electron chi connectivity index (χ3n) is 3.94. The van der Waals surface area contributed by atoms with Gasteiger partial charge in [0.05, 0.1) is 23.3 Å². The fourth-order valence-corrected chi connectivity index (χ4v) is 2.91. The molecule has 9 nitrogen and oxygen atoms in total. The van der Waals surface area contributed by atoms with Crippen molar-refractivity contribution in [2.24, 2.45) is 0 Å². The van der Waals surface area contributed by atoms with E-state index in [0.29, 0.717) is 28.0 Å². The number of carbonyl (C=O) groups is 1. The number of nitrogens with one attached hydrogen (secondary N) is 1. The molecule has 9 heteroatoms. The summed E-state index contributed by atoms with van der Waals surface area (Å²) < 4.78 is 9.48. The fraction of sp³-hybridized carbons (Fsp3) is 0.267. The second kappa shape index (κ2) is 5.76. The molecule has 24 heavy (non-hydrogen) atoms. The average Bonchev–Trinajstić information content (AvgIpc) is 3.00. The monoisotopic (exact) mass is 330 g/mol. The second-order valence-electron chi connectivity index (χ2n) is 5.37. The molecule has 0 saturated carbocycles. The Kier molecular flexibility index (Phi) is 3.76. The fourth-order valence-electron chi connectivity index (χ4n) is 2.91. The molecular weight excluding hydrogens is 316 g/mol. The minimum absolute atomic E-state index is 0.114. The predicted octanol–water partition coefficient (Wildman–Crippen LogP) is 1.86. The Morgan fingerprint density at radius 2 is 2.00 bits per heavy atom. The number of carbonyl (C=O) groups excluding carboxylic acids is 1. The van der Waals surface area contributed by atoms with Crippen molar-refractivity contribution < 1.29 is 19.1 Å². The molecule has 1 N–H and O–H groups in total. The number of esters is 1. The lowest BCUT2D eigenvalue weighted by molar-refractivity contribution is -0.431. The van der Waals surface area contributed by atoms with E-state index >= 15 is 0 Å². The van der Waals surface area contributed by atoms with Crippen LogP contribution in [-0.2, 0) is 9.53 Å². The van der Waals surface area contributed by atoms with E-state index in [1.807, 2.05) is 0 Å². The normalized spacial score (nSPS) is 17.9. The minimum Gasteiger partial charge on any atom is -0.466 e. The van der Waals surface area contributed by atoms with Crippen molar-refractivity contribution in [3.05, 3.63) is 56.5 Å². The molecule has 0 radical (unpaired) electrons. The first-order valence-corrected chi connectivity index (χ1v) is 7.07. The van der Waals surface area contributed by atoms with Gasteiger partial charge in [-0.1, -0.05) is 6.07 Å². The van der Waals surface area contributed by atoms with Crippen molar-refractivity contribution in [1.29, 1.82) is 0 Å². The number of benzene rings is 1. The van der Waals surface area contributed by atoms with E-state index < -0.39 is 16.8 Å². The van der Waals surface area contributed by atoms with E-state index in [9.17, 15) is 14.9 Å². The number of rotatable bonds is 3. The topological polar surface area (TPSA) is 120 Å². The first-order valence-electron chi connectivity index (χ1n) is 7.07. The third kappa shape index (κ3) is 2.39. The number of hydrogen-bond acceptors (Lipinski definition) is 8. The number of allylic oxidation sites excluding steroid dienone is 3. The SMILES string of the molecule is COC(=O)C1=C(C)NC(C)=C([N+](=O)[O-])[C@@H]1c1ccc2nonc2c1. The van der Waals surface area contributed by atoms with Crippen LogP contribution in [0, 0.1) is 10.1 Å². The number of hydrogen-bond donors (Lipinski definition) is 1. The van der Waals surface area contributed by atoms with Crippen LogP contribution in [0.25, 0.3) is 11.0 Å². The minimum atomic E-state index is -0.880. The Morgan fingerprint density at radius 1 is 1.29 bits per heavy atom. The van der Waals surface area contributed by atoms with Gasteiger partial charge in [-0.05, 0) is 41.9 Å². The molecule has 0 amide bonds. The number of fused-ring (bicyclic) bond motifs is 1. The lowest BCUT2D eigenvalue weighted by Gasteiger charge is -2.26. The first kappa shape index (κ1) is 15.7. The van der Waals surface area contributed by atoms with Gasteiger partial charge in [0.15, 0.2) is 0 Å². The lowest BCUT2D eigenvalue weighted by Crippen LogP contribution is -2.31. The van der Waals surface area contributed by atoms with Gasteiger partial charge in [-0.15, -0.1) is 0 Å². The number of aromatic nitrogens is 2. The summed E-state index contributed by atoms with van der Waals surface area (Å²) >= 11 is 0. The van der Waals surface area contributed by atoms with Crippen molar-refractivity contribution in [2.45, 2.75) is 19.8 Å². The summed E-state index contributed by atoms with van der Waals surface area (Å²) in [5.74, 6) is -1.51. The summed E-state index contributed by atoms with van der Waals surface area (Å²) in [4.78, 5) is 23.4. The van der Waals surface area contributed by atoms with E-state index in [-0.39, 0.29) is 11.3 Å². The van der Waals surface area contributed by atoms with Gasteiger partial charge in [0.2, 0.25) is 0 Å². The number of nitrogens with zero attached hydrogens (tertiary/aromatic N) is 3. The summed E-state index contributed by atoms with van der Waals surface area (Å²) in [7, 11) is 1.24. The molecule has 1 aromatic heterocycles. The van der Waals surface area contributed by atoms with Gasteiger partial charge in [-0.2, -0.15) is 0 Å². The maximum absolute atomic E-state index is 12.2. The van der Waals surface area contributed by atoms with Crippen molar-refractivity contribution in [3.8, 4) is 0 Å². The molecular formula is C15H14N4O5. The Labute approximate surface area is 136 Å². The van der Waals surface area contributed by atoms with Crippen LogP contribution in [-0.4, -0.2) is 28.3 Å². The van der Waals surface area contributed by atoms with Crippen molar-refractivity contribution in [3.63, 3.8) is 0 Å². The Hall–Kier alpha value is -3.23. The van der Waals surface area contributed by atoms with Crippen LogP contribution in [0.4, 0.5) is 0 Å². The first-order chi connectivity index (χ1) is 11.4. The van der Waals surface area contributed by atoms with Crippen molar-refractivity contribution >= 4 is 17.0 Å². The van der Waals surface area contributed by atoms with Gasteiger partial charge < -0.3 is 10.1 Å². The van der Waals surface area contributed by atoms with Gasteiger partial charge in [-0.25, -0.2) is 9.42 Å². The molecule has 3 rings (SSSR count). The largest absolute Gasteiger partial charge is 0.466 e. The standard InChI is InChI=1S/C15H14N4O5/c1-7-12(15(20)23-3)13(14(19(21)22)8(2)16-7)9-4-5-10-11(6-9)18-24-17-10/h4-6,13,16H,1-3H3/t13-/m1/s1. The molecule has 1 aliphatic rings. The van der Waals surface area contributed by atoms with Gasteiger partial charge >= 0.3 is 5.97 Å². The predicted molar refractivity (Wildman–Crippen MR) is 82.1 cm³/mol. The molecule has 1 aliphatic heterocycles. The zero-order chi connectivity index (χ0) is 17.4. The smallest absolute Gasteiger partial charge is 0.336 e. The van der Waals surface area contributed by atoms with Crippen LogP contribution < -0.4 is 5.32 Å². The highest BCUT2D eigenvalue weighted by molar-refractivity contribution is 5.92. The summed E-state index contributed by atoms with van der Waals surface area (Å²) in [5.41, 5.74) is 2.46.